The number of pyridine rings is 1. The zero-order valence-corrected chi connectivity index (χ0v) is 11.6. The van der Waals surface area contributed by atoms with E-state index in [0.717, 1.165) is 3.57 Å². The van der Waals surface area contributed by atoms with E-state index in [2.05, 4.69) is 32.9 Å². The van der Waals surface area contributed by atoms with Crippen molar-refractivity contribution in [2.45, 2.75) is 0 Å². The van der Waals surface area contributed by atoms with Gasteiger partial charge in [-0.3, -0.25) is 4.79 Å². The molecule has 0 aliphatic rings. The molecule has 0 atom stereocenters. The van der Waals surface area contributed by atoms with Crippen LogP contribution in [-0.2, 0) is 4.79 Å². The Kier molecular flexibility index (Phi) is 4.52. The number of anilines is 1. The van der Waals surface area contributed by atoms with E-state index in [-0.39, 0.29) is 12.5 Å². The minimum absolute atomic E-state index is 0.0306. The maximum atomic E-state index is 11.6. The molecule has 0 saturated carbocycles. The predicted molar refractivity (Wildman–Crippen MR) is 77.5 cm³/mol. The summed E-state index contributed by atoms with van der Waals surface area (Å²) in [4.78, 5) is 15.6. The minimum Gasteiger partial charge on any atom is -0.484 e. The summed E-state index contributed by atoms with van der Waals surface area (Å²) in [6.45, 7) is -0.0306. The number of ether oxygens (including phenoxy) is 1. The number of nitrogens with one attached hydrogen (secondary N) is 1. The number of aromatic nitrogens is 1. The molecule has 0 bridgehead atoms. The highest BCUT2D eigenvalue weighted by Gasteiger charge is 2.03. The summed E-state index contributed by atoms with van der Waals surface area (Å²) in [5, 5.41) is 2.65. The molecule has 92 valence electrons. The molecule has 0 saturated heterocycles. The third-order valence-electron chi connectivity index (χ3n) is 2.12. The van der Waals surface area contributed by atoms with Crippen molar-refractivity contribution in [2.75, 3.05) is 11.9 Å². The fourth-order valence-corrected chi connectivity index (χ4v) is 1.65. The molecule has 0 radical (unpaired) electrons. The molecular weight excluding hydrogens is 343 g/mol. The normalized spacial score (nSPS) is 9.83. The van der Waals surface area contributed by atoms with Crippen LogP contribution in [0.15, 0.2) is 48.7 Å². The highest BCUT2D eigenvalue weighted by Crippen LogP contribution is 2.13. The Bertz CT molecular complexity index is 514. The number of amides is 1. The first kappa shape index (κ1) is 12.8. The second-order valence-electron chi connectivity index (χ2n) is 3.51. The van der Waals surface area contributed by atoms with E-state index in [1.807, 2.05) is 30.3 Å². The monoisotopic (exact) mass is 354 g/mol. The van der Waals surface area contributed by atoms with Gasteiger partial charge >= 0.3 is 0 Å². The van der Waals surface area contributed by atoms with Crippen molar-refractivity contribution >= 4 is 34.3 Å². The van der Waals surface area contributed by atoms with Crippen molar-refractivity contribution in [3.05, 3.63) is 52.2 Å². The van der Waals surface area contributed by atoms with E-state index < -0.39 is 0 Å². The van der Waals surface area contributed by atoms with E-state index in [0.29, 0.717) is 11.6 Å². The van der Waals surface area contributed by atoms with Gasteiger partial charge in [0.2, 0.25) is 0 Å². The molecule has 0 fully saturated rings. The van der Waals surface area contributed by atoms with Gasteiger partial charge in [-0.2, -0.15) is 0 Å². The highest BCUT2D eigenvalue weighted by atomic mass is 127. The van der Waals surface area contributed by atoms with Crippen LogP contribution in [0.1, 0.15) is 0 Å². The van der Waals surface area contributed by atoms with Crippen molar-refractivity contribution in [1.82, 2.24) is 4.98 Å². The Morgan fingerprint density at radius 1 is 1.22 bits per heavy atom. The fourth-order valence-electron chi connectivity index (χ4n) is 1.30. The number of hydrogen-bond acceptors (Lipinski definition) is 3. The van der Waals surface area contributed by atoms with Gasteiger partial charge < -0.3 is 10.1 Å². The largest absolute Gasteiger partial charge is 0.484 e. The van der Waals surface area contributed by atoms with Crippen LogP contribution in [0.5, 0.6) is 5.75 Å². The van der Waals surface area contributed by atoms with E-state index in [1.165, 1.54) is 0 Å². The van der Waals surface area contributed by atoms with Gasteiger partial charge in [-0.15, -0.1) is 0 Å². The first-order chi connectivity index (χ1) is 8.74. The number of nitrogens with zero attached hydrogens (tertiary/aromatic N) is 1. The van der Waals surface area contributed by atoms with Crippen LogP contribution in [0.3, 0.4) is 0 Å². The number of rotatable bonds is 4. The van der Waals surface area contributed by atoms with E-state index in [4.69, 9.17) is 4.74 Å². The quantitative estimate of drug-likeness (QED) is 0.859. The molecule has 18 heavy (non-hydrogen) atoms. The summed E-state index contributed by atoms with van der Waals surface area (Å²) in [6, 6.07) is 12.8. The zero-order chi connectivity index (χ0) is 12.8. The Morgan fingerprint density at radius 3 is 2.67 bits per heavy atom. The molecule has 0 unspecified atom stereocenters. The van der Waals surface area contributed by atoms with Gasteiger partial charge in [0.25, 0.3) is 5.91 Å². The lowest BCUT2D eigenvalue weighted by molar-refractivity contribution is -0.118. The number of benzene rings is 1. The van der Waals surface area contributed by atoms with E-state index in [9.17, 15) is 4.79 Å². The smallest absolute Gasteiger partial charge is 0.263 e. The average molecular weight is 354 g/mol. The second-order valence-corrected chi connectivity index (χ2v) is 4.75. The summed E-state index contributed by atoms with van der Waals surface area (Å²) in [5.41, 5.74) is 0. The molecule has 1 amide bonds. The van der Waals surface area contributed by atoms with Crippen LogP contribution in [-0.4, -0.2) is 17.5 Å². The maximum absolute atomic E-state index is 11.6. The first-order valence-corrected chi connectivity index (χ1v) is 6.41. The molecular formula is C13H11IN2O2. The van der Waals surface area contributed by atoms with Crippen molar-refractivity contribution in [2.24, 2.45) is 0 Å². The number of carbonyl (C=O) groups is 1. The van der Waals surface area contributed by atoms with Gasteiger partial charge in [-0.1, -0.05) is 6.07 Å². The molecule has 5 heteroatoms. The van der Waals surface area contributed by atoms with Crippen LogP contribution in [0.2, 0.25) is 0 Å². The Labute approximate surface area is 119 Å². The van der Waals surface area contributed by atoms with E-state index >= 15 is 0 Å². The second kappa shape index (κ2) is 6.34. The first-order valence-electron chi connectivity index (χ1n) is 5.33. The van der Waals surface area contributed by atoms with Gasteiger partial charge in [0.05, 0.1) is 0 Å². The molecule has 2 aromatic rings. The van der Waals surface area contributed by atoms with Gasteiger partial charge in [0, 0.05) is 9.77 Å². The number of hydrogen-bond donors (Lipinski definition) is 1. The van der Waals surface area contributed by atoms with Crippen molar-refractivity contribution in [3.8, 4) is 5.75 Å². The molecule has 1 heterocycles. The number of halogens is 1. The van der Waals surface area contributed by atoms with Gasteiger partial charge in [-0.25, -0.2) is 4.98 Å². The summed E-state index contributed by atoms with van der Waals surface area (Å²) >= 11 is 2.21. The van der Waals surface area contributed by atoms with Crippen molar-refractivity contribution < 1.29 is 9.53 Å². The third-order valence-corrected chi connectivity index (χ3v) is 2.84. The summed E-state index contributed by atoms with van der Waals surface area (Å²) in [7, 11) is 0. The number of carbonyl (C=O) groups excluding carboxylic acids is 1. The molecule has 1 aromatic heterocycles. The van der Waals surface area contributed by atoms with Crippen LogP contribution < -0.4 is 10.1 Å². The predicted octanol–water partition coefficient (Wildman–Crippen LogP) is 2.70. The SMILES string of the molecule is O=C(COc1ccc(I)cc1)Nc1ccccn1. The molecule has 0 spiro atoms. The van der Waals surface area contributed by atoms with Crippen LogP contribution in [0.25, 0.3) is 0 Å². The topological polar surface area (TPSA) is 51.2 Å². The van der Waals surface area contributed by atoms with Crippen molar-refractivity contribution in [3.63, 3.8) is 0 Å². The van der Waals surface area contributed by atoms with Crippen LogP contribution in [0.4, 0.5) is 5.82 Å². The lowest BCUT2D eigenvalue weighted by atomic mass is 10.3. The lowest BCUT2D eigenvalue weighted by Crippen LogP contribution is -2.20. The van der Waals surface area contributed by atoms with Gasteiger partial charge in [0.1, 0.15) is 11.6 Å². The Morgan fingerprint density at radius 2 is 2.00 bits per heavy atom. The molecule has 1 N–H and O–H groups in total. The summed E-state index contributed by atoms with van der Waals surface area (Å²) in [6.07, 6.45) is 1.62. The van der Waals surface area contributed by atoms with Crippen LogP contribution >= 0.6 is 22.6 Å². The summed E-state index contributed by atoms with van der Waals surface area (Å²) in [5.74, 6) is 0.965. The Hall–Kier alpha value is -1.63. The van der Waals surface area contributed by atoms with Crippen LogP contribution in [0, 0.1) is 3.57 Å². The lowest BCUT2D eigenvalue weighted by Gasteiger charge is -2.06. The molecule has 4 nitrogen and oxygen atoms in total. The standard InChI is InChI=1S/C13H11IN2O2/c14-10-4-6-11(7-5-10)18-9-13(17)16-12-3-1-2-8-15-12/h1-8H,9H2,(H,15,16,17). The molecule has 0 aliphatic heterocycles. The molecule has 2 rings (SSSR count). The van der Waals surface area contributed by atoms with Crippen molar-refractivity contribution in [1.29, 1.82) is 0 Å². The molecule has 1 aromatic carbocycles. The maximum Gasteiger partial charge on any atom is 0.263 e. The van der Waals surface area contributed by atoms with Gasteiger partial charge in [-0.05, 0) is 59.0 Å². The zero-order valence-electron chi connectivity index (χ0n) is 9.47. The summed E-state index contributed by atoms with van der Waals surface area (Å²) < 4.78 is 6.47. The minimum atomic E-state index is -0.229. The average Bonchev–Trinajstić information content (AvgIpc) is 2.39. The molecule has 0 aliphatic carbocycles. The van der Waals surface area contributed by atoms with E-state index in [1.54, 1.807) is 18.3 Å². The highest BCUT2D eigenvalue weighted by molar-refractivity contribution is 14.1. The third kappa shape index (κ3) is 3.99. The Balaban J connectivity index is 1.83. The van der Waals surface area contributed by atoms with Gasteiger partial charge in [0.15, 0.2) is 6.61 Å². The fraction of sp³-hybridized carbons (Fsp3) is 0.0769.